The first-order valence-electron chi connectivity index (χ1n) is 9.16. The lowest BCUT2D eigenvalue weighted by Crippen LogP contribution is -1.90. The Bertz CT molecular complexity index is 701. The van der Waals surface area contributed by atoms with Gasteiger partial charge >= 0.3 is 0 Å². The molecule has 2 N–H and O–H groups in total. The highest BCUT2D eigenvalue weighted by atomic mass is 16.3. The average Bonchev–Trinajstić information content (AvgIpc) is 2.63. The van der Waals surface area contributed by atoms with Gasteiger partial charge in [0.1, 0.15) is 11.5 Å². The van der Waals surface area contributed by atoms with Crippen LogP contribution in [-0.2, 0) is 0 Å². The number of nitrogens with zero attached hydrogens (tertiary/aromatic N) is 2. The van der Waals surface area contributed by atoms with Crippen LogP contribution in [0, 0.1) is 13.8 Å². The number of para-hydroxylation sites is 2. The Labute approximate surface area is 156 Å². The van der Waals surface area contributed by atoms with E-state index in [4.69, 9.17) is 0 Å². The molecule has 0 radical (unpaired) electrons. The Morgan fingerprint density at radius 1 is 0.692 bits per heavy atom. The Hall–Kier alpha value is -2.62. The molecule has 4 nitrogen and oxygen atoms in total. The zero-order chi connectivity index (χ0) is 18.8. The fourth-order valence-electron chi connectivity index (χ4n) is 2.66. The van der Waals surface area contributed by atoms with Gasteiger partial charge in [-0.05, 0) is 49.9 Å². The van der Waals surface area contributed by atoms with Crippen molar-refractivity contribution in [3.8, 4) is 11.5 Å². The monoisotopic (exact) mass is 352 g/mol. The van der Waals surface area contributed by atoms with Gasteiger partial charge < -0.3 is 10.2 Å². The highest BCUT2D eigenvalue weighted by Crippen LogP contribution is 2.20. The minimum atomic E-state index is 0.314. The third-order valence-corrected chi connectivity index (χ3v) is 4.32. The Balaban J connectivity index is 1.59. The number of aryl methyl sites for hydroxylation is 2. The van der Waals surface area contributed by atoms with Crippen LogP contribution in [0.15, 0.2) is 46.4 Å². The van der Waals surface area contributed by atoms with E-state index in [0.29, 0.717) is 11.5 Å². The summed E-state index contributed by atoms with van der Waals surface area (Å²) in [7, 11) is 0. The van der Waals surface area contributed by atoms with Gasteiger partial charge in [0.15, 0.2) is 0 Å². The van der Waals surface area contributed by atoms with Gasteiger partial charge in [-0.25, -0.2) is 0 Å². The van der Waals surface area contributed by atoms with Crippen molar-refractivity contribution in [2.45, 2.75) is 39.5 Å². The van der Waals surface area contributed by atoms with E-state index in [0.717, 1.165) is 61.0 Å². The Morgan fingerprint density at radius 2 is 1.12 bits per heavy atom. The van der Waals surface area contributed by atoms with E-state index in [1.165, 1.54) is 0 Å². The van der Waals surface area contributed by atoms with Gasteiger partial charge in [-0.3, -0.25) is 9.98 Å². The molecule has 0 saturated carbocycles. The summed E-state index contributed by atoms with van der Waals surface area (Å²) in [5.41, 5.74) is 3.29. The number of aromatic hydroxyl groups is 2. The molecule has 0 aliphatic rings. The van der Waals surface area contributed by atoms with E-state index < -0.39 is 0 Å². The predicted octanol–water partition coefficient (Wildman–Crippen LogP) is 4.81. The number of unbranched alkanes of at least 4 members (excludes halogenated alkanes) is 3. The third kappa shape index (κ3) is 6.03. The number of hydrogen-bond donors (Lipinski definition) is 2. The molecule has 0 heterocycles. The molecule has 0 bridgehead atoms. The SMILES string of the molecule is Cc1cccc(C=NCCCCCCN=Cc2cccc(C)c2O)c1O. The summed E-state index contributed by atoms with van der Waals surface area (Å²) in [6.07, 6.45) is 7.80. The molecule has 0 fully saturated rings. The molecule has 0 aromatic heterocycles. The predicted molar refractivity (Wildman–Crippen MR) is 109 cm³/mol. The van der Waals surface area contributed by atoms with Gasteiger partial charge in [-0.2, -0.15) is 0 Å². The zero-order valence-corrected chi connectivity index (χ0v) is 15.7. The number of hydrogen-bond acceptors (Lipinski definition) is 4. The van der Waals surface area contributed by atoms with Gasteiger partial charge in [0, 0.05) is 36.6 Å². The molecule has 2 aromatic carbocycles. The lowest BCUT2D eigenvalue weighted by atomic mass is 10.1. The van der Waals surface area contributed by atoms with Crippen LogP contribution in [0.25, 0.3) is 0 Å². The van der Waals surface area contributed by atoms with Gasteiger partial charge in [-0.15, -0.1) is 0 Å². The summed E-state index contributed by atoms with van der Waals surface area (Å²) >= 11 is 0. The maximum absolute atomic E-state index is 9.92. The van der Waals surface area contributed by atoms with Crippen LogP contribution >= 0.6 is 0 Å². The normalized spacial score (nSPS) is 11.6. The second-order valence-corrected chi connectivity index (χ2v) is 6.51. The fraction of sp³-hybridized carbons (Fsp3) is 0.364. The minimum absolute atomic E-state index is 0.314. The van der Waals surface area contributed by atoms with Crippen LogP contribution in [-0.4, -0.2) is 35.7 Å². The second kappa shape index (κ2) is 10.4. The molecule has 0 amide bonds. The van der Waals surface area contributed by atoms with E-state index >= 15 is 0 Å². The quantitative estimate of drug-likeness (QED) is 0.502. The number of benzene rings is 2. The largest absolute Gasteiger partial charge is 0.507 e. The van der Waals surface area contributed by atoms with Crippen LogP contribution in [0.1, 0.15) is 47.9 Å². The molecule has 0 aliphatic heterocycles. The van der Waals surface area contributed by atoms with Crippen molar-refractivity contribution in [2.75, 3.05) is 13.1 Å². The molecule has 2 aromatic rings. The standard InChI is InChI=1S/C22H28N2O2/c1-17-9-7-11-19(21(17)25)15-23-13-5-3-4-6-14-24-16-20-12-8-10-18(2)22(20)26/h7-12,15-16,25-26H,3-6,13-14H2,1-2H3. The van der Waals surface area contributed by atoms with E-state index in [9.17, 15) is 10.2 Å². The maximum atomic E-state index is 9.92. The summed E-state index contributed by atoms with van der Waals surface area (Å²) in [6, 6.07) is 11.4. The Kier molecular flexibility index (Phi) is 7.87. The highest BCUT2D eigenvalue weighted by Gasteiger charge is 2.00. The van der Waals surface area contributed by atoms with E-state index in [-0.39, 0.29) is 0 Å². The fourth-order valence-corrected chi connectivity index (χ4v) is 2.66. The van der Waals surface area contributed by atoms with Crippen molar-refractivity contribution in [3.05, 3.63) is 58.7 Å². The molecular weight excluding hydrogens is 324 g/mol. The number of rotatable bonds is 9. The summed E-state index contributed by atoms with van der Waals surface area (Å²) in [5.74, 6) is 0.627. The molecule has 0 saturated heterocycles. The molecule has 138 valence electrons. The topological polar surface area (TPSA) is 65.2 Å². The molecule has 0 atom stereocenters. The molecule has 0 spiro atoms. The second-order valence-electron chi connectivity index (χ2n) is 6.51. The summed E-state index contributed by atoms with van der Waals surface area (Å²) < 4.78 is 0. The molecule has 0 unspecified atom stereocenters. The van der Waals surface area contributed by atoms with Gasteiger partial charge in [0.25, 0.3) is 0 Å². The van der Waals surface area contributed by atoms with Gasteiger partial charge in [0.2, 0.25) is 0 Å². The summed E-state index contributed by atoms with van der Waals surface area (Å²) in [5, 5.41) is 19.8. The van der Waals surface area contributed by atoms with Crippen molar-refractivity contribution in [3.63, 3.8) is 0 Å². The lowest BCUT2D eigenvalue weighted by molar-refractivity contribution is 0.470. The van der Waals surface area contributed by atoms with Gasteiger partial charge in [0.05, 0.1) is 0 Å². The van der Waals surface area contributed by atoms with E-state index in [1.807, 2.05) is 50.2 Å². The third-order valence-electron chi connectivity index (χ3n) is 4.32. The maximum Gasteiger partial charge on any atom is 0.127 e. The van der Waals surface area contributed by atoms with Gasteiger partial charge in [-0.1, -0.05) is 37.1 Å². The highest BCUT2D eigenvalue weighted by molar-refractivity contribution is 5.84. The van der Waals surface area contributed by atoms with Crippen molar-refractivity contribution >= 4 is 12.4 Å². The molecule has 26 heavy (non-hydrogen) atoms. The summed E-state index contributed by atoms with van der Waals surface area (Å²) in [4.78, 5) is 8.79. The smallest absolute Gasteiger partial charge is 0.127 e. The average molecular weight is 352 g/mol. The van der Waals surface area contributed by atoms with Crippen LogP contribution in [0.3, 0.4) is 0 Å². The van der Waals surface area contributed by atoms with Crippen molar-refractivity contribution in [2.24, 2.45) is 9.98 Å². The van der Waals surface area contributed by atoms with Crippen molar-refractivity contribution in [1.82, 2.24) is 0 Å². The van der Waals surface area contributed by atoms with Crippen LogP contribution in [0.2, 0.25) is 0 Å². The Morgan fingerprint density at radius 3 is 1.54 bits per heavy atom. The van der Waals surface area contributed by atoms with Crippen LogP contribution in [0.5, 0.6) is 11.5 Å². The first kappa shape index (κ1) is 19.7. The molecule has 2 rings (SSSR count). The van der Waals surface area contributed by atoms with E-state index in [1.54, 1.807) is 12.4 Å². The van der Waals surface area contributed by atoms with Crippen molar-refractivity contribution in [1.29, 1.82) is 0 Å². The summed E-state index contributed by atoms with van der Waals surface area (Å²) in [6.45, 7) is 5.31. The first-order valence-corrected chi connectivity index (χ1v) is 9.16. The first-order chi connectivity index (χ1) is 12.6. The number of phenols is 2. The molecule has 4 heteroatoms. The van der Waals surface area contributed by atoms with E-state index in [2.05, 4.69) is 9.98 Å². The van der Waals surface area contributed by atoms with Crippen LogP contribution in [0.4, 0.5) is 0 Å². The number of phenolic OH excluding ortho intramolecular Hbond substituents is 2. The zero-order valence-electron chi connectivity index (χ0n) is 15.7. The molecular formula is C22H28N2O2. The van der Waals surface area contributed by atoms with Crippen LogP contribution < -0.4 is 0 Å². The molecule has 0 aliphatic carbocycles. The number of aliphatic imine (C=N–C) groups is 2. The van der Waals surface area contributed by atoms with Crippen molar-refractivity contribution < 1.29 is 10.2 Å². The minimum Gasteiger partial charge on any atom is -0.507 e. The lowest BCUT2D eigenvalue weighted by Gasteiger charge is -2.02.